The number of rotatable bonds is 3. The summed E-state index contributed by atoms with van der Waals surface area (Å²) in [7, 11) is 0. The molecule has 0 fully saturated rings. The quantitative estimate of drug-likeness (QED) is 0.452. The number of alkyl halides is 6. The Hall–Kier alpha value is -1.90. The topological polar surface area (TPSA) is 35.5 Å². The smallest absolute Gasteiger partial charge is 0.430 e. The molecule has 0 radical (unpaired) electrons. The number of esters is 1. The van der Waals surface area contributed by atoms with Gasteiger partial charge in [0.1, 0.15) is 5.75 Å². The number of carbonyl (C=O) groups is 1. The zero-order chi connectivity index (χ0) is 21.7. The fourth-order valence-corrected chi connectivity index (χ4v) is 3.50. The summed E-state index contributed by atoms with van der Waals surface area (Å²) in [5, 5.41) is -0.299. The van der Waals surface area contributed by atoms with E-state index >= 15 is 0 Å². The van der Waals surface area contributed by atoms with Gasteiger partial charge in [0.05, 0.1) is 17.6 Å². The van der Waals surface area contributed by atoms with Crippen LogP contribution in [0.25, 0.3) is 6.08 Å². The summed E-state index contributed by atoms with van der Waals surface area (Å²) in [6.07, 6.45) is -11.5. The molecule has 1 heterocycles. The predicted octanol–water partition coefficient (Wildman–Crippen LogP) is 5.76. The molecular weight excluding hydrogens is 414 g/mol. The summed E-state index contributed by atoms with van der Waals surface area (Å²) in [4.78, 5) is 11.9. The molecule has 3 nitrogen and oxygen atoms in total. The molecule has 0 saturated carbocycles. The molecule has 0 saturated heterocycles. The van der Waals surface area contributed by atoms with Crippen LogP contribution in [0.4, 0.5) is 26.3 Å². The Balaban J connectivity index is 2.73. The Kier molecular flexibility index (Phi) is 5.73. The molecular formula is C18H17ClF6O3. The van der Waals surface area contributed by atoms with Crippen LogP contribution in [-0.4, -0.2) is 31.0 Å². The fraction of sp³-hybridized carbons (Fsp3) is 0.500. The number of hydrogen-bond acceptors (Lipinski definition) is 3. The van der Waals surface area contributed by atoms with Crippen LogP contribution >= 0.6 is 11.6 Å². The van der Waals surface area contributed by atoms with Crippen LogP contribution in [0.5, 0.6) is 5.75 Å². The van der Waals surface area contributed by atoms with E-state index in [0.29, 0.717) is 0 Å². The van der Waals surface area contributed by atoms with Crippen molar-refractivity contribution in [2.45, 2.75) is 51.6 Å². The van der Waals surface area contributed by atoms with Crippen molar-refractivity contribution in [2.75, 3.05) is 6.61 Å². The normalized spacial score (nSPS) is 17.5. The van der Waals surface area contributed by atoms with Gasteiger partial charge in [0.2, 0.25) is 6.10 Å². The van der Waals surface area contributed by atoms with E-state index in [1.807, 2.05) is 0 Å². The van der Waals surface area contributed by atoms with Gasteiger partial charge in [-0.25, -0.2) is 4.79 Å². The van der Waals surface area contributed by atoms with Crippen LogP contribution in [0.1, 0.15) is 37.5 Å². The number of halogens is 7. The molecule has 1 aliphatic rings. The molecule has 1 aliphatic heterocycles. The van der Waals surface area contributed by atoms with E-state index < -0.39 is 46.7 Å². The minimum atomic E-state index is -4.98. The van der Waals surface area contributed by atoms with Gasteiger partial charge in [-0.2, -0.15) is 26.3 Å². The fourth-order valence-electron chi connectivity index (χ4n) is 3.00. The second kappa shape index (κ2) is 7.17. The van der Waals surface area contributed by atoms with E-state index in [2.05, 4.69) is 4.74 Å². The van der Waals surface area contributed by atoms with Gasteiger partial charge in [0, 0.05) is 10.6 Å². The van der Waals surface area contributed by atoms with Gasteiger partial charge in [0.15, 0.2) is 0 Å². The monoisotopic (exact) mass is 430 g/mol. The molecule has 1 atom stereocenters. The van der Waals surface area contributed by atoms with Gasteiger partial charge >= 0.3 is 18.3 Å². The van der Waals surface area contributed by atoms with Gasteiger partial charge in [-0.1, -0.05) is 11.6 Å². The number of hydrogen-bond donors (Lipinski definition) is 0. The second-order valence-corrected chi connectivity index (χ2v) is 7.17. The Morgan fingerprint density at radius 3 is 2.25 bits per heavy atom. The van der Waals surface area contributed by atoms with E-state index in [1.165, 1.54) is 13.8 Å². The second-order valence-electron chi connectivity index (χ2n) is 6.76. The highest BCUT2D eigenvalue weighted by Gasteiger charge is 2.52. The lowest BCUT2D eigenvalue weighted by Crippen LogP contribution is -2.42. The van der Waals surface area contributed by atoms with Gasteiger partial charge in [-0.15, -0.1) is 0 Å². The predicted molar refractivity (Wildman–Crippen MR) is 90.4 cm³/mol. The Labute approximate surface area is 162 Å². The van der Waals surface area contributed by atoms with Gasteiger partial charge < -0.3 is 9.47 Å². The van der Waals surface area contributed by atoms with E-state index in [0.717, 1.165) is 26.0 Å². The zero-order valence-corrected chi connectivity index (χ0v) is 16.1. The van der Waals surface area contributed by atoms with Crippen LogP contribution in [0.3, 0.4) is 0 Å². The minimum absolute atomic E-state index is 0.0345. The molecule has 1 unspecified atom stereocenters. The van der Waals surface area contributed by atoms with Crippen molar-refractivity contribution >= 4 is 23.6 Å². The van der Waals surface area contributed by atoms with Crippen molar-refractivity contribution < 1.29 is 40.6 Å². The van der Waals surface area contributed by atoms with Crippen molar-refractivity contribution in [3.05, 3.63) is 33.4 Å². The van der Waals surface area contributed by atoms with Crippen LogP contribution in [-0.2, 0) is 14.9 Å². The SMILES string of the molecule is CCOC(=O)C1=Cc2cc(Cl)c(C(C)(C)C(F)(F)F)c(C)c2OC1C(F)(F)F. The van der Waals surface area contributed by atoms with Crippen LogP contribution in [0.15, 0.2) is 11.6 Å². The van der Waals surface area contributed by atoms with E-state index in [9.17, 15) is 31.1 Å². The third-order valence-corrected chi connectivity index (χ3v) is 4.77. The maximum atomic E-state index is 13.5. The molecule has 28 heavy (non-hydrogen) atoms. The molecule has 156 valence electrons. The largest absolute Gasteiger partial charge is 0.475 e. The lowest BCUT2D eigenvalue weighted by Gasteiger charge is -2.34. The van der Waals surface area contributed by atoms with Crippen molar-refractivity contribution in [3.8, 4) is 5.75 Å². The van der Waals surface area contributed by atoms with Crippen molar-refractivity contribution in [1.29, 1.82) is 0 Å². The van der Waals surface area contributed by atoms with Crippen LogP contribution in [0.2, 0.25) is 5.02 Å². The molecule has 2 rings (SSSR count). The average Bonchev–Trinajstić information content (AvgIpc) is 2.51. The molecule has 0 aromatic heterocycles. The minimum Gasteiger partial charge on any atom is -0.475 e. The lowest BCUT2D eigenvalue weighted by molar-refractivity contribution is -0.188. The molecule has 0 bridgehead atoms. The van der Waals surface area contributed by atoms with Gasteiger partial charge in [-0.05, 0) is 51.0 Å². The highest BCUT2D eigenvalue weighted by atomic mass is 35.5. The van der Waals surface area contributed by atoms with E-state index in [1.54, 1.807) is 0 Å². The summed E-state index contributed by atoms with van der Waals surface area (Å²) >= 11 is 6.05. The third kappa shape index (κ3) is 3.81. The molecule has 0 aliphatic carbocycles. The van der Waals surface area contributed by atoms with E-state index in [4.69, 9.17) is 16.3 Å². The average molecular weight is 431 g/mol. The van der Waals surface area contributed by atoms with Crippen molar-refractivity contribution in [2.24, 2.45) is 0 Å². The first-order valence-electron chi connectivity index (χ1n) is 8.15. The molecule has 1 aromatic carbocycles. The first-order valence-corrected chi connectivity index (χ1v) is 8.53. The molecule has 1 aromatic rings. The zero-order valence-electron chi connectivity index (χ0n) is 15.3. The maximum absolute atomic E-state index is 13.5. The molecule has 0 amide bonds. The highest BCUT2D eigenvalue weighted by Crippen LogP contribution is 2.49. The van der Waals surface area contributed by atoms with Crippen molar-refractivity contribution in [1.82, 2.24) is 0 Å². The number of fused-ring (bicyclic) bond motifs is 1. The van der Waals surface area contributed by atoms with Gasteiger partial charge in [-0.3, -0.25) is 0 Å². The first-order chi connectivity index (χ1) is 12.6. The molecule has 10 heteroatoms. The highest BCUT2D eigenvalue weighted by molar-refractivity contribution is 6.32. The number of carbonyl (C=O) groups excluding carboxylic acids is 1. The molecule has 0 N–H and O–H groups in total. The van der Waals surface area contributed by atoms with Crippen LogP contribution in [0, 0.1) is 6.92 Å². The summed E-state index contributed by atoms with van der Waals surface area (Å²) in [6.45, 7) is 4.20. The Bertz CT molecular complexity index is 824. The standard InChI is InChI=1S/C18H17ClF6O3/c1-5-27-15(26)10-6-9-7-11(19)12(16(3,4)18(23,24)25)8(2)13(9)28-14(10)17(20,21)22/h6-7,14H,5H2,1-4H3. The summed E-state index contributed by atoms with van der Waals surface area (Å²) in [6, 6.07) is 1.05. The summed E-state index contributed by atoms with van der Waals surface area (Å²) in [5.74, 6) is -1.64. The summed E-state index contributed by atoms with van der Waals surface area (Å²) in [5.41, 5.74) is -3.86. The number of ether oxygens (including phenoxy) is 2. The lowest BCUT2D eigenvalue weighted by atomic mass is 9.80. The maximum Gasteiger partial charge on any atom is 0.430 e. The number of benzene rings is 1. The van der Waals surface area contributed by atoms with Crippen molar-refractivity contribution in [3.63, 3.8) is 0 Å². The summed E-state index contributed by atoms with van der Waals surface area (Å²) < 4.78 is 90.4. The van der Waals surface area contributed by atoms with Gasteiger partial charge in [0.25, 0.3) is 0 Å². The third-order valence-electron chi connectivity index (χ3n) is 4.47. The Morgan fingerprint density at radius 2 is 1.79 bits per heavy atom. The first kappa shape index (κ1) is 22.4. The Morgan fingerprint density at radius 1 is 1.21 bits per heavy atom. The van der Waals surface area contributed by atoms with E-state index in [-0.39, 0.29) is 22.8 Å². The van der Waals surface area contributed by atoms with Crippen LogP contribution < -0.4 is 4.74 Å². The molecule has 0 spiro atoms.